The molecule has 2 rings (SSSR count). The normalized spacial score (nSPS) is 17.0. The second-order valence-electron chi connectivity index (χ2n) is 5.72. The number of benzene rings is 1. The molecule has 21 heavy (non-hydrogen) atoms. The van der Waals surface area contributed by atoms with Gasteiger partial charge in [0.05, 0.1) is 11.7 Å². The number of nitrogens with two attached hydrogens (primary N) is 1. The van der Waals surface area contributed by atoms with Crippen molar-refractivity contribution in [3.63, 3.8) is 0 Å². The highest BCUT2D eigenvalue weighted by Crippen LogP contribution is 2.19. The monoisotopic (exact) mass is 357 g/mol. The summed E-state index contributed by atoms with van der Waals surface area (Å²) in [5.41, 5.74) is 0.245. The zero-order chi connectivity index (χ0) is 15.1. The number of quaternary nitrogens is 1. The molecular weight excluding hydrogens is 335 g/mol. The van der Waals surface area contributed by atoms with Gasteiger partial charge in [-0.2, -0.15) is 0 Å². The smallest absolute Gasteiger partial charge is 0.279 e. The van der Waals surface area contributed by atoms with Crippen LogP contribution in [0, 0.1) is 5.82 Å². The Labute approximate surface area is 133 Å². The van der Waals surface area contributed by atoms with Crippen LogP contribution in [0.25, 0.3) is 0 Å². The second kappa shape index (κ2) is 8.49. The van der Waals surface area contributed by atoms with Gasteiger partial charge in [0.15, 0.2) is 6.54 Å². The van der Waals surface area contributed by atoms with Crippen LogP contribution in [-0.2, 0) is 4.79 Å². The molecular formula is C16H23BrFN2O+. The van der Waals surface area contributed by atoms with E-state index in [9.17, 15) is 9.18 Å². The van der Waals surface area contributed by atoms with E-state index in [2.05, 4.69) is 26.6 Å². The zero-order valence-corrected chi connectivity index (χ0v) is 13.8. The van der Waals surface area contributed by atoms with Gasteiger partial charge in [-0.25, -0.2) is 4.39 Å². The lowest BCUT2D eigenvalue weighted by Gasteiger charge is -2.18. The average Bonchev–Trinajstić information content (AvgIpc) is 2.41. The van der Waals surface area contributed by atoms with Crippen LogP contribution in [0.15, 0.2) is 22.7 Å². The standard InChI is InChI=1S/C16H22BrFN2O/c17-12-8-9-15(14(18)10-12)20-16(21)11-19-13-6-4-2-1-3-5-7-13/h8-10,13,19H,1-7,11H2,(H,20,21)/p+1. The van der Waals surface area contributed by atoms with E-state index >= 15 is 0 Å². The molecule has 3 N–H and O–H groups in total. The first-order chi connectivity index (χ1) is 10.1. The fourth-order valence-corrected chi connectivity index (χ4v) is 3.12. The lowest BCUT2D eigenvalue weighted by Crippen LogP contribution is -2.91. The molecule has 0 spiro atoms. The molecule has 5 heteroatoms. The molecule has 0 radical (unpaired) electrons. The minimum atomic E-state index is -0.413. The summed E-state index contributed by atoms with van der Waals surface area (Å²) >= 11 is 3.20. The Bertz CT molecular complexity index is 473. The Kier molecular flexibility index (Phi) is 6.64. The minimum absolute atomic E-state index is 0.140. The third-order valence-corrected chi connectivity index (χ3v) is 4.48. The molecule has 1 aliphatic rings. The maximum atomic E-state index is 13.6. The lowest BCUT2D eigenvalue weighted by atomic mass is 9.97. The predicted octanol–water partition coefficient (Wildman–Crippen LogP) is 3.20. The second-order valence-corrected chi connectivity index (χ2v) is 6.63. The molecule has 1 aliphatic carbocycles. The predicted molar refractivity (Wildman–Crippen MR) is 85.6 cm³/mol. The molecule has 0 aromatic heterocycles. The van der Waals surface area contributed by atoms with Gasteiger partial charge >= 0.3 is 0 Å². The van der Waals surface area contributed by atoms with Crippen molar-refractivity contribution in [2.45, 2.75) is 51.0 Å². The van der Waals surface area contributed by atoms with Crippen molar-refractivity contribution in [2.24, 2.45) is 0 Å². The van der Waals surface area contributed by atoms with Gasteiger partial charge in [0, 0.05) is 4.47 Å². The SMILES string of the molecule is O=C(C[NH2+]C1CCCCCCC1)Nc1ccc(Br)cc1F. The Morgan fingerprint density at radius 1 is 1.24 bits per heavy atom. The Morgan fingerprint density at radius 2 is 1.90 bits per heavy atom. The minimum Gasteiger partial charge on any atom is -0.336 e. The number of nitrogens with one attached hydrogen (secondary N) is 1. The molecule has 3 nitrogen and oxygen atoms in total. The average molecular weight is 358 g/mol. The number of halogens is 2. The number of carbonyl (C=O) groups excluding carboxylic acids is 1. The Balaban J connectivity index is 1.78. The number of carbonyl (C=O) groups is 1. The summed E-state index contributed by atoms with van der Waals surface area (Å²) in [6.07, 6.45) is 8.82. The molecule has 1 saturated carbocycles. The Morgan fingerprint density at radius 3 is 2.57 bits per heavy atom. The largest absolute Gasteiger partial charge is 0.336 e. The number of hydrogen-bond acceptors (Lipinski definition) is 1. The summed E-state index contributed by atoms with van der Waals surface area (Å²) in [4.78, 5) is 11.9. The summed E-state index contributed by atoms with van der Waals surface area (Å²) in [7, 11) is 0. The van der Waals surface area contributed by atoms with E-state index in [1.54, 1.807) is 12.1 Å². The molecule has 116 valence electrons. The molecule has 1 amide bonds. The van der Waals surface area contributed by atoms with Crippen LogP contribution in [0.1, 0.15) is 44.9 Å². The van der Waals surface area contributed by atoms with Crippen molar-refractivity contribution in [1.29, 1.82) is 0 Å². The molecule has 0 heterocycles. The van der Waals surface area contributed by atoms with Gasteiger partial charge in [-0.1, -0.05) is 35.2 Å². The number of rotatable bonds is 4. The van der Waals surface area contributed by atoms with E-state index in [0.717, 1.165) is 0 Å². The van der Waals surface area contributed by atoms with Crippen LogP contribution in [0.5, 0.6) is 0 Å². The van der Waals surface area contributed by atoms with Crippen LogP contribution in [0.4, 0.5) is 10.1 Å². The van der Waals surface area contributed by atoms with Gasteiger partial charge in [-0.05, 0) is 43.9 Å². The van der Waals surface area contributed by atoms with Crippen molar-refractivity contribution in [3.05, 3.63) is 28.5 Å². The van der Waals surface area contributed by atoms with Crippen molar-refractivity contribution in [2.75, 3.05) is 11.9 Å². The van der Waals surface area contributed by atoms with E-state index in [1.807, 2.05) is 0 Å². The number of amides is 1. The lowest BCUT2D eigenvalue weighted by molar-refractivity contribution is -0.680. The quantitative estimate of drug-likeness (QED) is 0.853. The van der Waals surface area contributed by atoms with E-state index in [4.69, 9.17) is 0 Å². The highest BCUT2D eigenvalue weighted by Gasteiger charge is 2.16. The van der Waals surface area contributed by atoms with Crippen molar-refractivity contribution < 1.29 is 14.5 Å². The van der Waals surface area contributed by atoms with Gasteiger partial charge in [0.2, 0.25) is 0 Å². The van der Waals surface area contributed by atoms with Gasteiger partial charge < -0.3 is 10.6 Å². The zero-order valence-electron chi connectivity index (χ0n) is 12.2. The first kappa shape index (κ1) is 16.4. The van der Waals surface area contributed by atoms with E-state index < -0.39 is 5.82 Å². The van der Waals surface area contributed by atoms with Crippen LogP contribution in [0.2, 0.25) is 0 Å². The van der Waals surface area contributed by atoms with Gasteiger partial charge in [-0.3, -0.25) is 4.79 Å². The van der Waals surface area contributed by atoms with Crippen LogP contribution in [0.3, 0.4) is 0 Å². The van der Waals surface area contributed by atoms with Crippen LogP contribution < -0.4 is 10.6 Å². The highest BCUT2D eigenvalue weighted by atomic mass is 79.9. The van der Waals surface area contributed by atoms with Crippen LogP contribution >= 0.6 is 15.9 Å². The summed E-state index contributed by atoms with van der Waals surface area (Å²) < 4.78 is 14.3. The fourth-order valence-electron chi connectivity index (χ4n) is 2.79. The van der Waals surface area contributed by atoms with E-state index in [-0.39, 0.29) is 11.6 Å². The van der Waals surface area contributed by atoms with Crippen molar-refractivity contribution in [1.82, 2.24) is 0 Å². The molecule has 0 aliphatic heterocycles. The summed E-state index contributed by atoms with van der Waals surface area (Å²) in [5, 5.41) is 4.75. The summed E-state index contributed by atoms with van der Waals surface area (Å²) in [6.45, 7) is 0.361. The Hall–Kier alpha value is -0.940. The topological polar surface area (TPSA) is 45.7 Å². The fraction of sp³-hybridized carbons (Fsp3) is 0.562. The number of anilines is 1. The van der Waals surface area contributed by atoms with Gasteiger partial charge in [-0.15, -0.1) is 0 Å². The maximum absolute atomic E-state index is 13.6. The van der Waals surface area contributed by atoms with Crippen molar-refractivity contribution >= 4 is 27.5 Å². The molecule has 1 aromatic rings. The maximum Gasteiger partial charge on any atom is 0.279 e. The van der Waals surface area contributed by atoms with Gasteiger partial charge in [0.25, 0.3) is 5.91 Å². The van der Waals surface area contributed by atoms with Gasteiger partial charge in [0.1, 0.15) is 5.82 Å². The molecule has 0 atom stereocenters. The highest BCUT2D eigenvalue weighted by molar-refractivity contribution is 9.10. The third kappa shape index (κ3) is 5.75. The summed E-state index contributed by atoms with van der Waals surface area (Å²) in [5.74, 6) is -0.554. The molecule has 1 fully saturated rings. The third-order valence-electron chi connectivity index (χ3n) is 3.99. The van der Waals surface area contributed by atoms with E-state index in [0.29, 0.717) is 17.1 Å². The molecule has 0 saturated heterocycles. The molecule has 0 unspecified atom stereocenters. The molecule has 1 aromatic carbocycles. The molecule has 0 bridgehead atoms. The van der Waals surface area contributed by atoms with E-state index in [1.165, 1.54) is 51.0 Å². The first-order valence-corrected chi connectivity index (χ1v) is 8.52. The first-order valence-electron chi connectivity index (χ1n) is 7.73. The summed E-state index contributed by atoms with van der Waals surface area (Å²) in [6, 6.07) is 5.18. The van der Waals surface area contributed by atoms with Crippen molar-refractivity contribution in [3.8, 4) is 0 Å². The van der Waals surface area contributed by atoms with Crippen LogP contribution in [-0.4, -0.2) is 18.5 Å². The number of hydrogen-bond donors (Lipinski definition) is 2.